The molecular formula is C17H20N2O7S. The molecule has 1 heterocycles. The van der Waals surface area contributed by atoms with Gasteiger partial charge in [0.1, 0.15) is 13.2 Å². The number of amides is 1. The zero-order valence-electron chi connectivity index (χ0n) is 15.0. The molecule has 1 amide bonds. The van der Waals surface area contributed by atoms with E-state index in [1.165, 1.54) is 43.0 Å². The first-order valence-corrected chi connectivity index (χ1v) is 9.11. The number of ether oxygens (including phenoxy) is 2. The molecule has 0 bridgehead atoms. The number of esters is 1. The van der Waals surface area contributed by atoms with Crippen molar-refractivity contribution in [3.63, 3.8) is 0 Å². The standard InChI is InChI=1S/C17H20N2O7S/c1-11(20)25-10-15-7-16(27-12(2)21)8-18(15)17(22)26-9-13-3-5-14(6-4-13)19(23)24/h3-6,15-16H,7-10H2,1-2H3/t15-,16-/m0/s1. The van der Waals surface area contributed by atoms with Crippen LogP contribution in [0, 0.1) is 10.1 Å². The van der Waals surface area contributed by atoms with Gasteiger partial charge in [-0.2, -0.15) is 0 Å². The molecule has 0 radical (unpaired) electrons. The fourth-order valence-corrected chi connectivity index (χ4v) is 3.75. The van der Waals surface area contributed by atoms with Crippen LogP contribution < -0.4 is 0 Å². The summed E-state index contributed by atoms with van der Waals surface area (Å²) in [7, 11) is 0. The minimum atomic E-state index is -0.586. The normalized spacial score (nSPS) is 18.8. The van der Waals surface area contributed by atoms with Gasteiger partial charge in [-0.3, -0.25) is 19.7 Å². The van der Waals surface area contributed by atoms with Crippen LogP contribution in [0.2, 0.25) is 0 Å². The molecule has 9 nitrogen and oxygen atoms in total. The maximum Gasteiger partial charge on any atom is 0.410 e. The number of hydrogen-bond donors (Lipinski definition) is 0. The molecule has 1 aromatic rings. The molecule has 146 valence electrons. The first kappa shape index (κ1) is 20.7. The highest BCUT2D eigenvalue weighted by molar-refractivity contribution is 8.14. The van der Waals surface area contributed by atoms with Gasteiger partial charge in [0.25, 0.3) is 5.69 Å². The summed E-state index contributed by atoms with van der Waals surface area (Å²) >= 11 is 1.15. The molecule has 27 heavy (non-hydrogen) atoms. The highest BCUT2D eigenvalue weighted by Crippen LogP contribution is 2.29. The van der Waals surface area contributed by atoms with E-state index in [2.05, 4.69) is 0 Å². The van der Waals surface area contributed by atoms with Gasteiger partial charge in [0.05, 0.1) is 11.0 Å². The number of carbonyl (C=O) groups excluding carboxylic acids is 3. The summed E-state index contributed by atoms with van der Waals surface area (Å²) in [5.74, 6) is -0.447. The zero-order chi connectivity index (χ0) is 20.0. The molecule has 10 heteroatoms. The molecule has 0 aliphatic carbocycles. The van der Waals surface area contributed by atoms with Crippen LogP contribution in [-0.4, -0.2) is 51.4 Å². The van der Waals surface area contributed by atoms with Gasteiger partial charge >= 0.3 is 12.1 Å². The van der Waals surface area contributed by atoms with Gasteiger partial charge in [0, 0.05) is 37.8 Å². The average molecular weight is 396 g/mol. The second-order valence-corrected chi connectivity index (χ2v) is 7.53. The predicted octanol–water partition coefficient (Wildman–Crippen LogP) is 2.52. The lowest BCUT2D eigenvalue weighted by Gasteiger charge is -2.23. The lowest BCUT2D eigenvalue weighted by atomic mass is 10.2. The Morgan fingerprint density at radius 1 is 1.22 bits per heavy atom. The molecule has 1 aliphatic heterocycles. The number of likely N-dealkylation sites (tertiary alicyclic amines) is 1. The third kappa shape index (κ3) is 6.24. The van der Waals surface area contributed by atoms with E-state index >= 15 is 0 Å². The van der Waals surface area contributed by atoms with Crippen molar-refractivity contribution < 1.29 is 28.8 Å². The Labute approximate surface area is 160 Å². The first-order chi connectivity index (χ1) is 12.8. The second kappa shape index (κ2) is 9.36. The monoisotopic (exact) mass is 396 g/mol. The fraction of sp³-hybridized carbons (Fsp3) is 0.471. The number of nitrogens with zero attached hydrogens (tertiary/aromatic N) is 2. The van der Waals surface area contributed by atoms with E-state index in [0.29, 0.717) is 18.5 Å². The maximum atomic E-state index is 12.4. The molecule has 0 aromatic heterocycles. The number of hydrogen-bond acceptors (Lipinski definition) is 8. The van der Waals surface area contributed by atoms with Crippen molar-refractivity contribution in [2.75, 3.05) is 13.2 Å². The highest BCUT2D eigenvalue weighted by atomic mass is 32.2. The molecule has 0 spiro atoms. The summed E-state index contributed by atoms with van der Waals surface area (Å²) < 4.78 is 10.3. The third-order valence-corrected chi connectivity index (χ3v) is 4.94. The summed E-state index contributed by atoms with van der Waals surface area (Å²) in [5.41, 5.74) is 0.564. The van der Waals surface area contributed by atoms with Crippen LogP contribution in [-0.2, 0) is 25.7 Å². The molecule has 1 saturated heterocycles. The number of nitro groups is 1. The number of rotatable bonds is 6. The van der Waals surface area contributed by atoms with E-state index in [-0.39, 0.29) is 35.3 Å². The van der Waals surface area contributed by atoms with Crippen molar-refractivity contribution in [3.05, 3.63) is 39.9 Å². The Bertz CT molecular complexity index is 722. The van der Waals surface area contributed by atoms with Gasteiger partial charge in [0.15, 0.2) is 5.12 Å². The largest absolute Gasteiger partial charge is 0.464 e. The molecule has 1 fully saturated rings. The fourth-order valence-electron chi connectivity index (χ4n) is 2.73. The number of nitro benzene ring substituents is 1. The first-order valence-electron chi connectivity index (χ1n) is 8.23. The number of non-ortho nitro benzene ring substituents is 1. The summed E-state index contributed by atoms with van der Waals surface area (Å²) in [5, 5.41) is 10.5. The van der Waals surface area contributed by atoms with E-state index in [4.69, 9.17) is 9.47 Å². The Hall–Kier alpha value is -2.62. The Morgan fingerprint density at radius 2 is 1.89 bits per heavy atom. The van der Waals surface area contributed by atoms with Crippen LogP contribution >= 0.6 is 11.8 Å². The van der Waals surface area contributed by atoms with Crippen LogP contribution in [0.5, 0.6) is 0 Å². The van der Waals surface area contributed by atoms with Gasteiger partial charge in [-0.05, 0) is 24.1 Å². The molecule has 2 atom stereocenters. The van der Waals surface area contributed by atoms with Gasteiger partial charge in [-0.15, -0.1) is 0 Å². The van der Waals surface area contributed by atoms with Crippen LogP contribution in [0.1, 0.15) is 25.8 Å². The topological polar surface area (TPSA) is 116 Å². The Morgan fingerprint density at radius 3 is 2.44 bits per heavy atom. The molecule has 0 unspecified atom stereocenters. The lowest BCUT2D eigenvalue weighted by molar-refractivity contribution is -0.384. The molecule has 2 rings (SSSR count). The van der Waals surface area contributed by atoms with E-state index in [1.807, 2.05) is 0 Å². The average Bonchev–Trinajstić information content (AvgIpc) is 3.00. The molecule has 0 N–H and O–H groups in total. The molecule has 1 aliphatic rings. The Balaban J connectivity index is 1.96. The lowest BCUT2D eigenvalue weighted by Crippen LogP contribution is -2.39. The minimum absolute atomic E-state index is 0.0386. The number of thioether (sulfide) groups is 1. The van der Waals surface area contributed by atoms with Crippen LogP contribution in [0.3, 0.4) is 0 Å². The van der Waals surface area contributed by atoms with Crippen molar-refractivity contribution in [3.8, 4) is 0 Å². The summed E-state index contributed by atoms with van der Waals surface area (Å²) in [4.78, 5) is 46.4. The van der Waals surface area contributed by atoms with E-state index in [0.717, 1.165) is 11.8 Å². The molecule has 1 aromatic carbocycles. The maximum absolute atomic E-state index is 12.4. The van der Waals surface area contributed by atoms with E-state index < -0.39 is 17.0 Å². The van der Waals surface area contributed by atoms with Gasteiger partial charge < -0.3 is 14.4 Å². The summed E-state index contributed by atoms with van der Waals surface area (Å²) in [6.45, 7) is 3.06. The van der Waals surface area contributed by atoms with Crippen LogP contribution in [0.15, 0.2) is 24.3 Å². The van der Waals surface area contributed by atoms with Crippen molar-refractivity contribution in [1.82, 2.24) is 4.90 Å². The third-order valence-electron chi connectivity index (χ3n) is 3.93. The smallest absolute Gasteiger partial charge is 0.410 e. The summed E-state index contributed by atoms with van der Waals surface area (Å²) in [6, 6.07) is 5.33. The van der Waals surface area contributed by atoms with Crippen molar-refractivity contribution in [2.45, 2.75) is 38.2 Å². The van der Waals surface area contributed by atoms with Gasteiger partial charge in [-0.1, -0.05) is 11.8 Å². The second-order valence-electron chi connectivity index (χ2n) is 6.05. The molecular weight excluding hydrogens is 376 g/mol. The quantitative estimate of drug-likeness (QED) is 0.409. The number of benzene rings is 1. The number of carbonyl (C=O) groups is 3. The highest BCUT2D eigenvalue weighted by Gasteiger charge is 2.37. The van der Waals surface area contributed by atoms with E-state index in [1.54, 1.807) is 0 Å². The van der Waals surface area contributed by atoms with Crippen molar-refractivity contribution in [2.24, 2.45) is 0 Å². The van der Waals surface area contributed by atoms with Gasteiger partial charge in [-0.25, -0.2) is 4.79 Å². The predicted molar refractivity (Wildman–Crippen MR) is 97.1 cm³/mol. The molecule has 0 saturated carbocycles. The van der Waals surface area contributed by atoms with Crippen LogP contribution in [0.4, 0.5) is 10.5 Å². The SMILES string of the molecule is CC(=O)OC[C@@H]1C[C@H](SC(C)=O)CN1C(=O)OCc1ccc([N+](=O)[O-])cc1. The van der Waals surface area contributed by atoms with Crippen molar-refractivity contribution in [1.29, 1.82) is 0 Å². The summed E-state index contributed by atoms with van der Waals surface area (Å²) in [6.07, 6.45) is -0.0680. The zero-order valence-corrected chi connectivity index (χ0v) is 15.8. The van der Waals surface area contributed by atoms with E-state index in [9.17, 15) is 24.5 Å². The minimum Gasteiger partial charge on any atom is -0.464 e. The van der Waals surface area contributed by atoms with Crippen LogP contribution in [0.25, 0.3) is 0 Å². The Kier molecular flexibility index (Phi) is 7.17. The van der Waals surface area contributed by atoms with Crippen molar-refractivity contribution >= 4 is 34.6 Å². The van der Waals surface area contributed by atoms with Gasteiger partial charge in [0.2, 0.25) is 0 Å².